The van der Waals surface area contributed by atoms with Crippen LogP contribution in [-0.2, 0) is 30.6 Å². The van der Waals surface area contributed by atoms with Crippen LogP contribution in [0.25, 0.3) is 22.6 Å². The van der Waals surface area contributed by atoms with E-state index >= 15 is 0 Å². The first-order valence-electron chi connectivity index (χ1n) is 15.5. The molecule has 1 atom stereocenters. The van der Waals surface area contributed by atoms with E-state index in [0.717, 1.165) is 55.5 Å². The molecule has 2 saturated heterocycles. The lowest BCUT2D eigenvalue weighted by Gasteiger charge is -2.32. The van der Waals surface area contributed by atoms with Crippen LogP contribution in [-0.4, -0.2) is 76.7 Å². The van der Waals surface area contributed by atoms with E-state index in [1.165, 1.54) is 12.1 Å². The number of piperidine rings is 1. The molecule has 7 rings (SSSR count). The first-order valence-corrected chi connectivity index (χ1v) is 15.5. The highest BCUT2D eigenvalue weighted by Gasteiger charge is 2.36. The normalized spacial score (nSPS) is 17.7. The second kappa shape index (κ2) is 13.2. The van der Waals surface area contributed by atoms with Crippen molar-refractivity contribution in [2.75, 3.05) is 19.7 Å². The van der Waals surface area contributed by atoms with Crippen LogP contribution >= 0.6 is 0 Å². The molecular weight excluding hydrogens is 660 g/mol. The number of fused-ring (bicyclic) bond motifs is 1. The smallest absolute Gasteiger partial charge is 0.471 e. The molecule has 5 aromatic rings. The number of halogens is 6. The maximum absolute atomic E-state index is 13.1. The molecule has 5 aromatic heterocycles. The van der Waals surface area contributed by atoms with Crippen molar-refractivity contribution < 1.29 is 40.6 Å². The van der Waals surface area contributed by atoms with Crippen molar-refractivity contribution in [1.29, 1.82) is 0 Å². The molecule has 258 valence electrons. The lowest BCUT2D eigenvalue weighted by molar-refractivity contribution is -0.276. The van der Waals surface area contributed by atoms with Crippen molar-refractivity contribution in [2.45, 2.75) is 63.5 Å². The van der Waals surface area contributed by atoms with Crippen LogP contribution in [0.15, 0.2) is 48.7 Å². The minimum Gasteiger partial charge on any atom is -0.471 e. The van der Waals surface area contributed by atoms with E-state index in [2.05, 4.69) is 39.2 Å². The largest absolute Gasteiger partial charge is 0.574 e. The average molecular weight is 690 g/mol. The van der Waals surface area contributed by atoms with E-state index in [0.29, 0.717) is 31.1 Å². The number of likely N-dealkylation sites (tertiary alicyclic amines) is 1. The Labute approximate surface area is 274 Å². The number of ether oxygens (including phenoxy) is 3. The Kier molecular flexibility index (Phi) is 8.82. The first kappa shape index (κ1) is 32.7. The Morgan fingerprint density at radius 3 is 2.41 bits per heavy atom. The third-order valence-electron chi connectivity index (χ3n) is 8.36. The minimum atomic E-state index is -4.84. The summed E-state index contributed by atoms with van der Waals surface area (Å²) in [5, 5.41) is 5.61. The number of aromatic nitrogens is 8. The summed E-state index contributed by atoms with van der Waals surface area (Å²) in [5.74, 6) is -0.636. The topological polar surface area (TPSA) is 129 Å². The van der Waals surface area contributed by atoms with Gasteiger partial charge >= 0.3 is 12.5 Å². The minimum absolute atomic E-state index is 0.0393. The Morgan fingerprint density at radius 1 is 0.918 bits per heavy atom. The molecule has 0 bridgehead atoms. The van der Waals surface area contributed by atoms with E-state index in [9.17, 15) is 26.3 Å². The third kappa shape index (κ3) is 7.75. The summed E-state index contributed by atoms with van der Waals surface area (Å²) < 4.78 is 94.2. The molecule has 2 aliphatic rings. The molecule has 0 saturated carbocycles. The summed E-state index contributed by atoms with van der Waals surface area (Å²) in [7, 11) is 0. The van der Waals surface area contributed by atoms with Gasteiger partial charge in [-0.3, -0.25) is 15.0 Å². The van der Waals surface area contributed by atoms with E-state index in [4.69, 9.17) is 14.5 Å². The van der Waals surface area contributed by atoms with Gasteiger partial charge in [-0.25, -0.2) is 19.9 Å². The lowest BCUT2D eigenvalue weighted by atomic mass is 9.93. The maximum atomic E-state index is 13.1. The highest BCUT2D eigenvalue weighted by atomic mass is 19.4. The summed E-state index contributed by atoms with van der Waals surface area (Å²) in [6.07, 6.45) is -5.32. The molecule has 18 heteroatoms. The third-order valence-corrected chi connectivity index (χ3v) is 8.36. The number of nitrogens with one attached hydrogen (secondary N) is 1. The van der Waals surface area contributed by atoms with Crippen molar-refractivity contribution in [1.82, 2.24) is 44.6 Å². The molecule has 1 N–H and O–H groups in total. The van der Waals surface area contributed by atoms with Gasteiger partial charge in [0.05, 0.1) is 42.1 Å². The first-order chi connectivity index (χ1) is 23.5. The SMILES string of the molecule is FC(F)(F)Oc1cccc(COc2cccc(C3CCN(Cc4nc5cc(-c6n[nH]c(C(F)(F)F)n6)ncc5n4C[C@@H]4CCO4)CC3)n2)n1. The molecule has 0 spiro atoms. The van der Waals surface area contributed by atoms with E-state index in [-0.39, 0.29) is 35.8 Å². The quantitative estimate of drug-likeness (QED) is 0.183. The van der Waals surface area contributed by atoms with Gasteiger partial charge in [-0.15, -0.1) is 13.2 Å². The van der Waals surface area contributed by atoms with Gasteiger partial charge in [-0.2, -0.15) is 18.3 Å². The highest BCUT2D eigenvalue weighted by molar-refractivity contribution is 5.78. The molecule has 2 aliphatic heterocycles. The molecule has 0 radical (unpaired) electrons. The van der Waals surface area contributed by atoms with Crippen LogP contribution in [0.2, 0.25) is 0 Å². The van der Waals surface area contributed by atoms with Crippen LogP contribution in [0, 0.1) is 0 Å². The van der Waals surface area contributed by atoms with Gasteiger partial charge in [0, 0.05) is 30.4 Å². The summed E-state index contributed by atoms with van der Waals surface area (Å²) in [5.41, 5.74) is 2.61. The highest BCUT2D eigenvalue weighted by Crippen LogP contribution is 2.31. The Hall–Kier alpha value is -4.84. The zero-order valence-electron chi connectivity index (χ0n) is 25.7. The molecule has 0 unspecified atom stereocenters. The van der Waals surface area contributed by atoms with Gasteiger partial charge in [-0.05, 0) is 50.6 Å². The predicted molar refractivity (Wildman–Crippen MR) is 159 cm³/mol. The zero-order valence-corrected chi connectivity index (χ0v) is 25.7. The van der Waals surface area contributed by atoms with Crippen molar-refractivity contribution in [3.63, 3.8) is 0 Å². The molecule has 7 heterocycles. The maximum Gasteiger partial charge on any atom is 0.574 e. The van der Waals surface area contributed by atoms with Gasteiger partial charge in [0.2, 0.25) is 17.6 Å². The van der Waals surface area contributed by atoms with Crippen LogP contribution < -0.4 is 9.47 Å². The number of hydrogen-bond acceptors (Lipinski definition) is 10. The number of H-pyrrole nitrogens is 1. The van der Waals surface area contributed by atoms with Gasteiger partial charge in [0.1, 0.15) is 18.1 Å². The van der Waals surface area contributed by atoms with Gasteiger partial charge < -0.3 is 18.8 Å². The van der Waals surface area contributed by atoms with Crippen LogP contribution in [0.4, 0.5) is 26.3 Å². The summed E-state index contributed by atoms with van der Waals surface area (Å²) in [6, 6.07) is 11.1. The van der Waals surface area contributed by atoms with Crippen molar-refractivity contribution in [2.24, 2.45) is 0 Å². The van der Waals surface area contributed by atoms with E-state index in [1.54, 1.807) is 18.3 Å². The Bertz CT molecular complexity index is 1920. The van der Waals surface area contributed by atoms with Gasteiger partial charge in [0.25, 0.3) is 0 Å². The summed E-state index contributed by atoms with van der Waals surface area (Å²) >= 11 is 0. The molecule has 0 amide bonds. The van der Waals surface area contributed by atoms with Crippen molar-refractivity contribution >= 4 is 11.0 Å². The van der Waals surface area contributed by atoms with E-state index < -0.39 is 24.2 Å². The molecule has 12 nitrogen and oxygen atoms in total. The molecular formula is C31H29F6N9O3. The number of pyridine rings is 3. The number of hydrogen-bond donors (Lipinski definition) is 1. The Morgan fingerprint density at radius 2 is 1.69 bits per heavy atom. The van der Waals surface area contributed by atoms with Gasteiger partial charge in [0.15, 0.2) is 5.82 Å². The standard InChI is InChI=1S/C31H29F6N9O3/c32-30(33,34)29-42-28(43-44-29)23-13-22-24(14-38-23)46(15-20-9-12-47-20)25(40-22)16-45-10-7-18(8-11-45)21-4-2-5-26(41-21)48-17-19-3-1-6-27(39-19)49-31(35,36)37/h1-6,13-14,18,20H,7-12,15-17H2,(H,42,43,44)/t20-/m0/s1. The zero-order chi connectivity index (χ0) is 34.2. The second-order valence-corrected chi connectivity index (χ2v) is 11.7. The fourth-order valence-corrected chi connectivity index (χ4v) is 5.84. The fraction of sp³-hybridized carbons (Fsp3) is 0.419. The van der Waals surface area contributed by atoms with Crippen LogP contribution in [0.5, 0.6) is 11.8 Å². The van der Waals surface area contributed by atoms with E-state index in [1.807, 2.05) is 17.2 Å². The Balaban J connectivity index is 1.00. The fourth-order valence-electron chi connectivity index (χ4n) is 5.84. The number of alkyl halides is 6. The monoisotopic (exact) mass is 689 g/mol. The number of nitrogens with zero attached hydrogens (tertiary/aromatic N) is 8. The molecule has 2 fully saturated rings. The summed E-state index contributed by atoms with van der Waals surface area (Å²) in [6.45, 7) is 3.25. The average Bonchev–Trinajstić information content (AvgIpc) is 3.67. The van der Waals surface area contributed by atoms with Crippen LogP contribution in [0.3, 0.4) is 0 Å². The predicted octanol–water partition coefficient (Wildman–Crippen LogP) is 5.67. The lowest BCUT2D eigenvalue weighted by Crippen LogP contribution is -2.35. The molecule has 49 heavy (non-hydrogen) atoms. The number of imidazole rings is 1. The van der Waals surface area contributed by atoms with Crippen molar-refractivity contribution in [3.8, 4) is 23.3 Å². The number of aromatic amines is 1. The van der Waals surface area contributed by atoms with Crippen molar-refractivity contribution in [3.05, 3.63) is 71.7 Å². The number of rotatable bonds is 10. The van der Waals surface area contributed by atoms with Crippen LogP contribution in [0.1, 0.15) is 48.2 Å². The second-order valence-electron chi connectivity index (χ2n) is 11.7. The molecule has 0 aliphatic carbocycles. The summed E-state index contributed by atoms with van der Waals surface area (Å²) in [4.78, 5) is 23.5. The molecule has 0 aromatic carbocycles. The van der Waals surface area contributed by atoms with Gasteiger partial charge in [-0.1, -0.05) is 12.1 Å².